The predicted octanol–water partition coefficient (Wildman–Crippen LogP) is 3.25. The Kier molecular flexibility index (Phi) is 8.14. The minimum atomic E-state index is -1.41. The fourth-order valence-electron chi connectivity index (χ4n) is 3.95. The van der Waals surface area contributed by atoms with Crippen LogP contribution in [0.5, 0.6) is 0 Å². The summed E-state index contributed by atoms with van der Waals surface area (Å²) in [6, 6.07) is 18.1. The number of esters is 3. The number of carbonyl (C=O) groups is 4. The molecule has 0 heterocycles. The lowest BCUT2D eigenvalue weighted by Gasteiger charge is -2.32. The Labute approximate surface area is 186 Å². The highest BCUT2D eigenvalue weighted by Gasteiger charge is 2.49. The van der Waals surface area contributed by atoms with E-state index in [1.165, 1.54) is 7.11 Å². The minimum Gasteiger partial charge on any atom is -0.468 e. The summed E-state index contributed by atoms with van der Waals surface area (Å²) in [7, 11) is 1.18. The molecule has 7 nitrogen and oxygen atoms in total. The van der Waals surface area contributed by atoms with Crippen LogP contribution >= 0.6 is 0 Å². The third-order valence-electron chi connectivity index (χ3n) is 5.57. The summed E-state index contributed by atoms with van der Waals surface area (Å²) in [6.45, 7) is -0.0720. The minimum absolute atomic E-state index is 0.0360. The zero-order valence-electron chi connectivity index (χ0n) is 17.9. The van der Waals surface area contributed by atoms with Gasteiger partial charge in [-0.25, -0.2) is 0 Å². The third kappa shape index (κ3) is 5.81. The van der Waals surface area contributed by atoms with E-state index in [0.717, 1.165) is 11.1 Å². The summed E-state index contributed by atoms with van der Waals surface area (Å²) >= 11 is 0. The van der Waals surface area contributed by atoms with Gasteiger partial charge in [-0.2, -0.15) is 0 Å². The van der Waals surface area contributed by atoms with Crippen LogP contribution in [0.25, 0.3) is 0 Å². The van der Waals surface area contributed by atoms with Crippen LogP contribution in [0.4, 0.5) is 0 Å². The molecule has 0 radical (unpaired) electrons. The molecule has 0 aliphatic heterocycles. The molecule has 3 rings (SSSR count). The van der Waals surface area contributed by atoms with Gasteiger partial charge in [0.15, 0.2) is 5.92 Å². The van der Waals surface area contributed by atoms with E-state index in [4.69, 9.17) is 14.2 Å². The highest BCUT2D eigenvalue weighted by molar-refractivity contribution is 6.03. The summed E-state index contributed by atoms with van der Waals surface area (Å²) in [5.74, 6) is -6.22. The zero-order valence-corrected chi connectivity index (χ0v) is 17.9. The van der Waals surface area contributed by atoms with E-state index < -0.39 is 35.7 Å². The van der Waals surface area contributed by atoms with Crippen LogP contribution in [0.1, 0.15) is 30.4 Å². The van der Waals surface area contributed by atoms with Crippen molar-refractivity contribution in [2.45, 2.75) is 32.5 Å². The van der Waals surface area contributed by atoms with E-state index >= 15 is 0 Å². The predicted molar refractivity (Wildman–Crippen MR) is 114 cm³/mol. The number of hydrogen-bond acceptors (Lipinski definition) is 7. The largest absolute Gasteiger partial charge is 0.468 e. The first-order chi connectivity index (χ1) is 15.5. The molecule has 1 aliphatic carbocycles. The van der Waals surface area contributed by atoms with Gasteiger partial charge < -0.3 is 14.2 Å². The molecule has 0 bridgehead atoms. The summed E-state index contributed by atoms with van der Waals surface area (Å²) < 4.78 is 15.6. The number of carbonyl (C=O) groups excluding carboxylic acids is 4. The summed E-state index contributed by atoms with van der Waals surface area (Å²) in [5, 5.41) is 0. The molecule has 2 unspecified atom stereocenters. The molecule has 32 heavy (non-hydrogen) atoms. The lowest BCUT2D eigenvalue weighted by atomic mass is 9.71. The van der Waals surface area contributed by atoms with Crippen molar-refractivity contribution in [3.8, 4) is 0 Å². The molecule has 0 saturated heterocycles. The second-order valence-electron chi connectivity index (χ2n) is 7.69. The van der Waals surface area contributed by atoms with Crippen LogP contribution in [0, 0.1) is 17.8 Å². The average molecular weight is 438 g/mol. The lowest BCUT2D eigenvalue weighted by molar-refractivity contribution is -0.170. The van der Waals surface area contributed by atoms with Crippen molar-refractivity contribution in [1.29, 1.82) is 0 Å². The van der Waals surface area contributed by atoms with Gasteiger partial charge in [0.2, 0.25) is 0 Å². The van der Waals surface area contributed by atoms with Crippen LogP contribution in [-0.4, -0.2) is 30.8 Å². The topological polar surface area (TPSA) is 96.0 Å². The number of ether oxygens (including phenoxy) is 3. The van der Waals surface area contributed by atoms with Crippen LogP contribution < -0.4 is 0 Å². The normalized spacial score (nSPS) is 18.1. The Morgan fingerprint density at radius 2 is 1.38 bits per heavy atom. The maximum absolute atomic E-state index is 13.0. The summed E-state index contributed by atoms with van der Waals surface area (Å²) in [6.07, 6.45) is 0.990. The van der Waals surface area contributed by atoms with Gasteiger partial charge in [0.1, 0.15) is 24.9 Å². The lowest BCUT2D eigenvalue weighted by Crippen LogP contribution is -2.45. The van der Waals surface area contributed by atoms with Gasteiger partial charge in [0.05, 0.1) is 7.11 Å². The van der Waals surface area contributed by atoms with Crippen molar-refractivity contribution < 1.29 is 33.4 Å². The molecular weight excluding hydrogens is 412 g/mol. The number of rotatable bonds is 8. The molecular formula is C25H26O7. The number of benzene rings is 2. The van der Waals surface area contributed by atoms with E-state index in [1.807, 2.05) is 36.4 Å². The molecule has 0 aromatic heterocycles. The van der Waals surface area contributed by atoms with Gasteiger partial charge in [0.25, 0.3) is 0 Å². The van der Waals surface area contributed by atoms with Crippen LogP contribution in [-0.2, 0) is 46.6 Å². The maximum atomic E-state index is 13.0. The third-order valence-corrected chi connectivity index (χ3v) is 5.57. The van der Waals surface area contributed by atoms with Crippen molar-refractivity contribution in [1.82, 2.24) is 0 Å². The molecule has 0 spiro atoms. The van der Waals surface area contributed by atoms with Crippen molar-refractivity contribution >= 4 is 23.7 Å². The van der Waals surface area contributed by atoms with Gasteiger partial charge in [0, 0.05) is 12.3 Å². The van der Waals surface area contributed by atoms with Crippen molar-refractivity contribution in [2.75, 3.05) is 7.11 Å². The van der Waals surface area contributed by atoms with E-state index in [9.17, 15) is 19.2 Å². The van der Waals surface area contributed by atoms with Crippen molar-refractivity contribution in [3.63, 3.8) is 0 Å². The van der Waals surface area contributed by atoms with E-state index in [2.05, 4.69) is 0 Å². The number of ketones is 1. The Morgan fingerprint density at radius 3 is 1.84 bits per heavy atom. The van der Waals surface area contributed by atoms with E-state index in [1.54, 1.807) is 24.3 Å². The molecule has 2 aromatic carbocycles. The Bertz CT molecular complexity index is 876. The fourth-order valence-corrected chi connectivity index (χ4v) is 3.95. The molecule has 168 valence electrons. The van der Waals surface area contributed by atoms with Crippen LogP contribution in [0.15, 0.2) is 60.7 Å². The van der Waals surface area contributed by atoms with Crippen LogP contribution in [0.3, 0.4) is 0 Å². The average Bonchev–Trinajstić information content (AvgIpc) is 2.82. The first kappa shape index (κ1) is 23.2. The SMILES string of the molecule is COC(=O)C1C(=O)CCCC1C(C(=O)OCc1ccccc1)C(=O)OCc1ccccc1. The quantitative estimate of drug-likeness (QED) is 0.355. The van der Waals surface area contributed by atoms with Crippen molar-refractivity contribution in [3.05, 3.63) is 71.8 Å². The molecule has 0 amide bonds. The maximum Gasteiger partial charge on any atom is 0.320 e. The molecule has 0 N–H and O–H groups in total. The molecule has 1 fully saturated rings. The van der Waals surface area contributed by atoms with Gasteiger partial charge in [-0.15, -0.1) is 0 Å². The van der Waals surface area contributed by atoms with E-state index in [-0.39, 0.29) is 25.4 Å². The van der Waals surface area contributed by atoms with Gasteiger partial charge in [-0.1, -0.05) is 60.7 Å². The molecule has 1 aliphatic rings. The Morgan fingerprint density at radius 1 is 0.875 bits per heavy atom. The number of Topliss-reactive ketones (excluding diaryl/α,β-unsaturated/α-hetero) is 1. The number of hydrogen-bond donors (Lipinski definition) is 0. The highest BCUT2D eigenvalue weighted by Crippen LogP contribution is 2.36. The second-order valence-corrected chi connectivity index (χ2v) is 7.69. The number of methoxy groups -OCH3 is 1. The van der Waals surface area contributed by atoms with Crippen molar-refractivity contribution in [2.24, 2.45) is 17.8 Å². The summed E-state index contributed by atoms with van der Waals surface area (Å²) in [4.78, 5) is 50.9. The zero-order chi connectivity index (χ0) is 22.9. The van der Waals surface area contributed by atoms with Gasteiger partial charge >= 0.3 is 17.9 Å². The molecule has 1 saturated carbocycles. The van der Waals surface area contributed by atoms with E-state index in [0.29, 0.717) is 12.8 Å². The Hall–Kier alpha value is -3.48. The highest BCUT2D eigenvalue weighted by atomic mass is 16.6. The second kappa shape index (κ2) is 11.2. The van der Waals surface area contributed by atoms with Crippen LogP contribution in [0.2, 0.25) is 0 Å². The monoisotopic (exact) mass is 438 g/mol. The standard InChI is InChI=1S/C25H26O7/c1-30-23(27)21-19(13-8-14-20(21)26)22(24(28)31-15-17-9-4-2-5-10-17)25(29)32-16-18-11-6-3-7-12-18/h2-7,9-12,19,21-22H,8,13-16H2,1H3. The first-order valence-corrected chi connectivity index (χ1v) is 10.5. The fraction of sp³-hybridized carbons (Fsp3) is 0.360. The smallest absolute Gasteiger partial charge is 0.320 e. The molecule has 2 atom stereocenters. The summed E-state index contributed by atoms with van der Waals surface area (Å²) in [5.41, 5.74) is 1.50. The first-order valence-electron chi connectivity index (χ1n) is 10.5. The molecule has 2 aromatic rings. The Balaban J connectivity index is 1.81. The van der Waals surface area contributed by atoms with Gasteiger partial charge in [-0.05, 0) is 24.0 Å². The van der Waals surface area contributed by atoms with Gasteiger partial charge in [-0.3, -0.25) is 19.2 Å². The molecule has 7 heteroatoms.